The Labute approximate surface area is 99.2 Å². The number of aromatic nitrogens is 2. The summed E-state index contributed by atoms with van der Waals surface area (Å²) in [5.74, 6) is 0.759. The van der Waals surface area contributed by atoms with Gasteiger partial charge in [-0.3, -0.25) is 4.68 Å². The summed E-state index contributed by atoms with van der Waals surface area (Å²) in [6, 6.07) is 0.574. The summed E-state index contributed by atoms with van der Waals surface area (Å²) in [6.07, 6.45) is 7.72. The lowest BCUT2D eigenvalue weighted by Crippen LogP contribution is -2.35. The zero-order valence-electron chi connectivity index (χ0n) is 11.0. The molecular weight excluding hydrogens is 198 g/mol. The number of nitrogens with zero attached hydrogens (tertiary/aromatic N) is 2. The van der Waals surface area contributed by atoms with Crippen LogP contribution in [0.2, 0.25) is 0 Å². The van der Waals surface area contributed by atoms with Crippen molar-refractivity contribution < 1.29 is 0 Å². The first kappa shape index (κ1) is 13.2. The summed E-state index contributed by atoms with van der Waals surface area (Å²) in [4.78, 5) is 0. The topological polar surface area (TPSA) is 29.9 Å². The molecule has 1 aromatic heterocycles. The van der Waals surface area contributed by atoms with E-state index in [4.69, 9.17) is 0 Å². The first-order chi connectivity index (χ1) is 7.74. The number of rotatable bonds is 7. The molecule has 0 saturated carbocycles. The molecule has 1 atom stereocenters. The highest BCUT2D eigenvalue weighted by Gasteiger charge is 2.17. The Morgan fingerprint density at radius 3 is 2.44 bits per heavy atom. The average molecular weight is 223 g/mol. The van der Waals surface area contributed by atoms with Gasteiger partial charge in [0.05, 0.1) is 6.20 Å². The van der Waals surface area contributed by atoms with Gasteiger partial charge in [-0.1, -0.05) is 26.7 Å². The van der Waals surface area contributed by atoms with E-state index in [0.717, 1.165) is 18.9 Å². The van der Waals surface area contributed by atoms with Crippen LogP contribution < -0.4 is 5.32 Å². The van der Waals surface area contributed by atoms with Gasteiger partial charge in [0.2, 0.25) is 0 Å². The maximum absolute atomic E-state index is 4.32. The summed E-state index contributed by atoms with van der Waals surface area (Å²) in [5, 5.41) is 7.76. The highest BCUT2D eigenvalue weighted by molar-refractivity contribution is 5.06. The lowest BCUT2D eigenvalue weighted by atomic mass is 9.90. The van der Waals surface area contributed by atoms with Crippen LogP contribution in [0.3, 0.4) is 0 Å². The fourth-order valence-corrected chi connectivity index (χ4v) is 2.30. The Morgan fingerprint density at radius 1 is 1.31 bits per heavy atom. The van der Waals surface area contributed by atoms with Crippen LogP contribution in [0.4, 0.5) is 0 Å². The Morgan fingerprint density at radius 2 is 2.00 bits per heavy atom. The molecule has 1 N–H and O–H groups in total. The standard InChI is InChI=1S/C13H25N3/c1-5-12(6-2)13(14-4)8-11-9-15-16(7-3)10-11/h9-10,12-14H,5-8H2,1-4H3. The molecule has 0 bridgehead atoms. The number of nitrogens with one attached hydrogen (secondary N) is 1. The fourth-order valence-electron chi connectivity index (χ4n) is 2.30. The van der Waals surface area contributed by atoms with Crippen molar-refractivity contribution in [3.05, 3.63) is 18.0 Å². The van der Waals surface area contributed by atoms with Crippen LogP contribution in [0.15, 0.2) is 12.4 Å². The molecule has 0 radical (unpaired) electrons. The zero-order chi connectivity index (χ0) is 12.0. The summed E-state index contributed by atoms with van der Waals surface area (Å²) < 4.78 is 1.99. The molecule has 0 aliphatic heterocycles. The molecule has 3 heteroatoms. The van der Waals surface area contributed by atoms with Gasteiger partial charge in [-0.15, -0.1) is 0 Å². The van der Waals surface area contributed by atoms with Gasteiger partial charge in [0, 0.05) is 18.8 Å². The first-order valence-corrected chi connectivity index (χ1v) is 6.43. The molecule has 0 aliphatic rings. The van der Waals surface area contributed by atoms with Crippen LogP contribution in [-0.4, -0.2) is 22.9 Å². The maximum atomic E-state index is 4.32. The van der Waals surface area contributed by atoms with E-state index in [9.17, 15) is 0 Å². The molecule has 92 valence electrons. The van der Waals surface area contributed by atoms with Crippen LogP contribution in [0.25, 0.3) is 0 Å². The van der Waals surface area contributed by atoms with Crippen LogP contribution in [-0.2, 0) is 13.0 Å². The average Bonchev–Trinajstić information content (AvgIpc) is 2.77. The third-order valence-electron chi connectivity index (χ3n) is 3.45. The number of hydrogen-bond donors (Lipinski definition) is 1. The SMILES string of the molecule is CCC(CC)C(Cc1cnn(CC)c1)NC. The first-order valence-electron chi connectivity index (χ1n) is 6.43. The summed E-state index contributed by atoms with van der Waals surface area (Å²) in [5.41, 5.74) is 1.34. The Kier molecular flexibility index (Phi) is 5.53. The Balaban J connectivity index is 2.61. The van der Waals surface area contributed by atoms with Crippen molar-refractivity contribution in [3.8, 4) is 0 Å². The highest BCUT2D eigenvalue weighted by atomic mass is 15.3. The normalized spacial score (nSPS) is 13.3. The minimum absolute atomic E-state index is 0.574. The van der Waals surface area contributed by atoms with Crippen LogP contribution >= 0.6 is 0 Å². The van der Waals surface area contributed by atoms with Gasteiger partial charge in [0.1, 0.15) is 0 Å². The third-order valence-corrected chi connectivity index (χ3v) is 3.45. The van der Waals surface area contributed by atoms with Gasteiger partial charge in [0.15, 0.2) is 0 Å². The van der Waals surface area contributed by atoms with E-state index in [0.29, 0.717) is 6.04 Å². The highest BCUT2D eigenvalue weighted by Crippen LogP contribution is 2.16. The predicted octanol–water partition coefficient (Wildman–Crippen LogP) is 2.47. The van der Waals surface area contributed by atoms with Gasteiger partial charge < -0.3 is 5.32 Å². The van der Waals surface area contributed by atoms with E-state index >= 15 is 0 Å². The second-order valence-electron chi connectivity index (χ2n) is 4.38. The van der Waals surface area contributed by atoms with Crippen molar-refractivity contribution in [3.63, 3.8) is 0 Å². The minimum atomic E-state index is 0.574. The molecule has 0 aromatic carbocycles. The molecule has 1 unspecified atom stereocenters. The van der Waals surface area contributed by atoms with Crippen molar-refractivity contribution in [2.75, 3.05) is 7.05 Å². The molecule has 3 nitrogen and oxygen atoms in total. The Hall–Kier alpha value is -0.830. The van der Waals surface area contributed by atoms with Gasteiger partial charge in [-0.2, -0.15) is 5.10 Å². The molecule has 0 amide bonds. The van der Waals surface area contributed by atoms with Crippen LogP contribution in [0, 0.1) is 5.92 Å². The molecule has 0 saturated heterocycles. The van der Waals surface area contributed by atoms with Crippen molar-refractivity contribution in [1.82, 2.24) is 15.1 Å². The number of aryl methyl sites for hydroxylation is 1. The van der Waals surface area contributed by atoms with Crippen LogP contribution in [0.5, 0.6) is 0 Å². The van der Waals surface area contributed by atoms with Crippen molar-refractivity contribution in [1.29, 1.82) is 0 Å². The summed E-state index contributed by atoms with van der Waals surface area (Å²) in [6.45, 7) is 7.62. The number of likely N-dealkylation sites (N-methyl/N-ethyl adjacent to an activating group) is 1. The van der Waals surface area contributed by atoms with E-state index in [-0.39, 0.29) is 0 Å². The lowest BCUT2D eigenvalue weighted by Gasteiger charge is -2.24. The van der Waals surface area contributed by atoms with Gasteiger partial charge in [-0.05, 0) is 31.9 Å². The smallest absolute Gasteiger partial charge is 0.0522 e. The quantitative estimate of drug-likeness (QED) is 0.769. The minimum Gasteiger partial charge on any atom is -0.316 e. The molecule has 0 fully saturated rings. The number of hydrogen-bond acceptors (Lipinski definition) is 2. The largest absolute Gasteiger partial charge is 0.316 e. The molecule has 1 aromatic rings. The van der Waals surface area contributed by atoms with E-state index < -0.39 is 0 Å². The maximum Gasteiger partial charge on any atom is 0.0522 e. The van der Waals surface area contributed by atoms with E-state index in [1.807, 2.05) is 10.9 Å². The molecule has 0 aliphatic carbocycles. The van der Waals surface area contributed by atoms with Gasteiger partial charge in [0.25, 0.3) is 0 Å². The molecule has 0 spiro atoms. The van der Waals surface area contributed by atoms with Crippen LogP contribution in [0.1, 0.15) is 39.2 Å². The van der Waals surface area contributed by atoms with Crippen molar-refractivity contribution in [2.24, 2.45) is 5.92 Å². The van der Waals surface area contributed by atoms with E-state index in [1.165, 1.54) is 18.4 Å². The van der Waals surface area contributed by atoms with E-state index in [1.54, 1.807) is 0 Å². The summed E-state index contributed by atoms with van der Waals surface area (Å²) >= 11 is 0. The second kappa shape index (κ2) is 6.69. The Bertz CT molecular complexity index is 289. The summed E-state index contributed by atoms with van der Waals surface area (Å²) in [7, 11) is 2.06. The van der Waals surface area contributed by atoms with Crippen molar-refractivity contribution >= 4 is 0 Å². The fraction of sp³-hybridized carbons (Fsp3) is 0.769. The predicted molar refractivity (Wildman–Crippen MR) is 68.5 cm³/mol. The molecule has 16 heavy (non-hydrogen) atoms. The van der Waals surface area contributed by atoms with E-state index in [2.05, 4.69) is 44.4 Å². The van der Waals surface area contributed by atoms with Gasteiger partial charge in [-0.25, -0.2) is 0 Å². The van der Waals surface area contributed by atoms with Crippen molar-refractivity contribution in [2.45, 2.75) is 52.6 Å². The molecular formula is C13H25N3. The lowest BCUT2D eigenvalue weighted by molar-refractivity contribution is 0.349. The molecule has 1 rings (SSSR count). The van der Waals surface area contributed by atoms with Gasteiger partial charge >= 0.3 is 0 Å². The monoisotopic (exact) mass is 223 g/mol. The third kappa shape index (κ3) is 3.34. The second-order valence-corrected chi connectivity index (χ2v) is 4.38. The zero-order valence-corrected chi connectivity index (χ0v) is 11.0. The molecule has 1 heterocycles.